The maximum absolute atomic E-state index is 9.40. The Morgan fingerprint density at radius 2 is 2.29 bits per heavy atom. The van der Waals surface area contributed by atoms with Crippen molar-refractivity contribution >= 4 is 0 Å². The SMILES string of the molecule is N[C@H]1CCOc2c(CO)cc(O)cc21. The average molecular weight is 195 g/mol. The van der Waals surface area contributed by atoms with Gasteiger partial charge in [0.15, 0.2) is 0 Å². The van der Waals surface area contributed by atoms with Gasteiger partial charge in [-0.3, -0.25) is 0 Å². The maximum Gasteiger partial charge on any atom is 0.129 e. The van der Waals surface area contributed by atoms with Crippen molar-refractivity contribution < 1.29 is 14.9 Å². The minimum Gasteiger partial charge on any atom is -0.508 e. The maximum atomic E-state index is 9.40. The molecule has 1 aromatic carbocycles. The summed E-state index contributed by atoms with van der Waals surface area (Å²) < 4.78 is 5.42. The molecule has 1 atom stereocenters. The summed E-state index contributed by atoms with van der Waals surface area (Å²) in [4.78, 5) is 0. The predicted molar refractivity (Wildman–Crippen MR) is 51.1 cm³/mol. The van der Waals surface area contributed by atoms with Crippen molar-refractivity contribution in [2.24, 2.45) is 5.73 Å². The lowest BCUT2D eigenvalue weighted by Crippen LogP contribution is -2.21. The number of rotatable bonds is 1. The van der Waals surface area contributed by atoms with Crippen molar-refractivity contribution in [1.82, 2.24) is 0 Å². The number of fused-ring (bicyclic) bond motifs is 1. The number of phenols is 1. The molecule has 0 radical (unpaired) electrons. The van der Waals surface area contributed by atoms with Crippen LogP contribution in [0.1, 0.15) is 23.6 Å². The van der Waals surface area contributed by atoms with E-state index in [0.717, 1.165) is 12.0 Å². The summed E-state index contributed by atoms with van der Waals surface area (Å²) in [7, 11) is 0. The zero-order chi connectivity index (χ0) is 10.1. The summed E-state index contributed by atoms with van der Waals surface area (Å²) in [6.07, 6.45) is 0.737. The molecule has 4 heteroatoms. The van der Waals surface area contributed by atoms with Gasteiger partial charge in [-0.1, -0.05) is 0 Å². The molecule has 0 saturated heterocycles. The van der Waals surface area contributed by atoms with E-state index in [2.05, 4.69) is 0 Å². The van der Waals surface area contributed by atoms with Gasteiger partial charge in [-0.25, -0.2) is 0 Å². The highest BCUT2D eigenvalue weighted by Gasteiger charge is 2.21. The number of hydrogen-bond acceptors (Lipinski definition) is 4. The standard InChI is InChI=1S/C10H13NO3/c11-9-1-2-14-10-6(5-12)3-7(13)4-8(9)10/h3-4,9,12-13H,1-2,5,11H2/t9-/m0/s1. The molecule has 0 saturated carbocycles. The van der Waals surface area contributed by atoms with Crippen LogP contribution in [0.15, 0.2) is 12.1 Å². The van der Waals surface area contributed by atoms with E-state index < -0.39 is 0 Å². The van der Waals surface area contributed by atoms with E-state index in [1.165, 1.54) is 6.07 Å². The largest absolute Gasteiger partial charge is 0.508 e. The summed E-state index contributed by atoms with van der Waals surface area (Å²) in [6, 6.07) is 2.98. The summed E-state index contributed by atoms with van der Waals surface area (Å²) in [5, 5.41) is 18.5. The molecule has 4 N–H and O–H groups in total. The molecule has 2 rings (SSSR count). The Balaban J connectivity index is 2.54. The Labute approximate surface area is 81.9 Å². The fourth-order valence-corrected chi connectivity index (χ4v) is 1.71. The Morgan fingerprint density at radius 1 is 1.50 bits per heavy atom. The lowest BCUT2D eigenvalue weighted by molar-refractivity contribution is 0.241. The Hall–Kier alpha value is -1.26. The first-order chi connectivity index (χ1) is 6.72. The molecule has 1 heterocycles. The van der Waals surface area contributed by atoms with E-state index in [4.69, 9.17) is 15.6 Å². The van der Waals surface area contributed by atoms with Crippen LogP contribution in [0.5, 0.6) is 11.5 Å². The van der Waals surface area contributed by atoms with Gasteiger partial charge in [0.05, 0.1) is 13.2 Å². The number of hydrogen-bond donors (Lipinski definition) is 3. The van der Waals surface area contributed by atoms with E-state index in [1.54, 1.807) is 6.07 Å². The average Bonchev–Trinajstić information content (AvgIpc) is 2.18. The molecule has 1 aliphatic heterocycles. The fraction of sp³-hybridized carbons (Fsp3) is 0.400. The molecule has 1 aliphatic rings. The van der Waals surface area contributed by atoms with Gasteiger partial charge in [0.25, 0.3) is 0 Å². The predicted octanol–water partition coefficient (Wildman–Crippen LogP) is 0.667. The highest BCUT2D eigenvalue weighted by molar-refractivity contribution is 5.48. The number of aromatic hydroxyl groups is 1. The van der Waals surface area contributed by atoms with Crippen LogP contribution in [0.2, 0.25) is 0 Å². The third-order valence-electron chi connectivity index (χ3n) is 2.42. The lowest BCUT2D eigenvalue weighted by atomic mass is 9.98. The van der Waals surface area contributed by atoms with Crippen LogP contribution in [0.3, 0.4) is 0 Å². The van der Waals surface area contributed by atoms with Crippen molar-refractivity contribution in [1.29, 1.82) is 0 Å². The smallest absolute Gasteiger partial charge is 0.129 e. The molecular formula is C10H13NO3. The van der Waals surface area contributed by atoms with Crippen LogP contribution >= 0.6 is 0 Å². The first kappa shape index (κ1) is 9.30. The number of aliphatic hydroxyl groups is 1. The van der Waals surface area contributed by atoms with Crippen molar-refractivity contribution in [3.8, 4) is 11.5 Å². The second kappa shape index (κ2) is 3.48. The van der Waals surface area contributed by atoms with Gasteiger partial charge in [-0.05, 0) is 12.1 Å². The quantitative estimate of drug-likeness (QED) is 0.615. The third-order valence-corrected chi connectivity index (χ3v) is 2.42. The number of benzene rings is 1. The molecular weight excluding hydrogens is 182 g/mol. The Morgan fingerprint density at radius 3 is 3.00 bits per heavy atom. The van der Waals surface area contributed by atoms with Gasteiger partial charge in [-0.15, -0.1) is 0 Å². The molecule has 0 bridgehead atoms. The third kappa shape index (κ3) is 1.42. The molecule has 4 nitrogen and oxygen atoms in total. The second-order valence-electron chi connectivity index (χ2n) is 3.42. The lowest BCUT2D eigenvalue weighted by Gasteiger charge is -2.24. The number of aliphatic hydroxyl groups excluding tert-OH is 1. The Kier molecular flexibility index (Phi) is 2.31. The normalized spacial score (nSPS) is 20.0. The van der Waals surface area contributed by atoms with Gasteiger partial charge in [0, 0.05) is 23.6 Å². The highest BCUT2D eigenvalue weighted by Crippen LogP contribution is 2.36. The zero-order valence-corrected chi connectivity index (χ0v) is 7.73. The van der Waals surface area contributed by atoms with Crippen molar-refractivity contribution in [2.45, 2.75) is 19.1 Å². The molecule has 76 valence electrons. The van der Waals surface area contributed by atoms with Crippen molar-refractivity contribution in [3.05, 3.63) is 23.3 Å². The van der Waals surface area contributed by atoms with Crippen LogP contribution in [0.25, 0.3) is 0 Å². The van der Waals surface area contributed by atoms with Crippen molar-refractivity contribution in [2.75, 3.05) is 6.61 Å². The van der Waals surface area contributed by atoms with Gasteiger partial charge in [-0.2, -0.15) is 0 Å². The van der Waals surface area contributed by atoms with Gasteiger partial charge < -0.3 is 20.7 Å². The summed E-state index contributed by atoms with van der Waals surface area (Å²) in [5.74, 6) is 0.748. The van der Waals surface area contributed by atoms with Crippen LogP contribution < -0.4 is 10.5 Å². The molecule has 0 aliphatic carbocycles. The van der Waals surface area contributed by atoms with E-state index >= 15 is 0 Å². The molecule has 0 amide bonds. The first-order valence-corrected chi connectivity index (χ1v) is 4.57. The van der Waals surface area contributed by atoms with Crippen molar-refractivity contribution in [3.63, 3.8) is 0 Å². The summed E-state index contributed by atoms with van der Waals surface area (Å²) in [5.41, 5.74) is 7.24. The van der Waals surface area contributed by atoms with E-state index in [0.29, 0.717) is 17.9 Å². The molecule has 0 fully saturated rings. The molecule has 0 aromatic heterocycles. The molecule has 0 spiro atoms. The van der Waals surface area contributed by atoms with Crippen LogP contribution in [0.4, 0.5) is 0 Å². The molecule has 1 aromatic rings. The topological polar surface area (TPSA) is 75.7 Å². The van der Waals surface area contributed by atoms with E-state index in [1.807, 2.05) is 0 Å². The summed E-state index contributed by atoms with van der Waals surface area (Å²) >= 11 is 0. The first-order valence-electron chi connectivity index (χ1n) is 4.57. The van der Waals surface area contributed by atoms with Gasteiger partial charge in [0.1, 0.15) is 11.5 Å². The number of nitrogens with two attached hydrogens (primary N) is 1. The Bertz CT molecular complexity index is 351. The van der Waals surface area contributed by atoms with Crippen LogP contribution in [-0.4, -0.2) is 16.8 Å². The molecule has 0 unspecified atom stereocenters. The highest BCUT2D eigenvalue weighted by atomic mass is 16.5. The van der Waals surface area contributed by atoms with E-state index in [-0.39, 0.29) is 18.4 Å². The van der Waals surface area contributed by atoms with Gasteiger partial charge in [0.2, 0.25) is 0 Å². The number of ether oxygens (including phenoxy) is 1. The fourth-order valence-electron chi connectivity index (χ4n) is 1.71. The molecule has 14 heavy (non-hydrogen) atoms. The minimum atomic E-state index is -0.149. The van der Waals surface area contributed by atoms with Crippen LogP contribution in [-0.2, 0) is 6.61 Å². The van der Waals surface area contributed by atoms with Gasteiger partial charge >= 0.3 is 0 Å². The zero-order valence-electron chi connectivity index (χ0n) is 7.73. The van der Waals surface area contributed by atoms with Crippen LogP contribution in [0, 0.1) is 0 Å². The van der Waals surface area contributed by atoms with E-state index in [9.17, 15) is 5.11 Å². The number of phenolic OH excluding ortho intramolecular Hbond substituents is 1. The monoisotopic (exact) mass is 195 g/mol. The minimum absolute atomic E-state index is 0.115. The summed E-state index contributed by atoms with van der Waals surface area (Å²) in [6.45, 7) is 0.412. The second-order valence-corrected chi connectivity index (χ2v) is 3.42.